The molecule has 1 atom stereocenters. The molecule has 0 unspecified atom stereocenters. The van der Waals surface area contributed by atoms with E-state index >= 15 is 0 Å². The molecule has 0 aliphatic carbocycles. The van der Waals surface area contributed by atoms with Crippen LogP contribution in [0.25, 0.3) is 10.9 Å². The number of rotatable bonds is 6. The minimum absolute atomic E-state index is 0.0269. The number of aliphatic carboxylic acids is 1. The zero-order valence-electron chi connectivity index (χ0n) is 13.4. The Hall–Kier alpha value is -3.28. The summed E-state index contributed by atoms with van der Waals surface area (Å²) in [5.41, 5.74) is 2.42. The lowest BCUT2D eigenvalue weighted by Crippen LogP contribution is -2.20. The van der Waals surface area contributed by atoms with Gasteiger partial charge >= 0.3 is 5.97 Å². The van der Waals surface area contributed by atoms with Gasteiger partial charge in [-0.2, -0.15) is 0 Å². The van der Waals surface area contributed by atoms with E-state index in [0.29, 0.717) is 5.56 Å². The van der Waals surface area contributed by atoms with Crippen LogP contribution in [0, 0.1) is 0 Å². The molecular weight excluding hydrogens is 320 g/mol. The molecule has 25 heavy (non-hydrogen) atoms. The molecule has 0 spiro atoms. The Balaban J connectivity index is 1.74. The number of phenolic OH excluding ortho intramolecular Hbond substituents is 2. The lowest BCUT2D eigenvalue weighted by molar-refractivity contribution is -0.138. The summed E-state index contributed by atoms with van der Waals surface area (Å²) in [6.45, 7) is 0. The molecule has 4 N–H and O–H groups in total. The molecule has 0 radical (unpaired) electrons. The van der Waals surface area contributed by atoms with Crippen molar-refractivity contribution in [2.45, 2.75) is 18.9 Å². The molecule has 0 saturated heterocycles. The number of aromatic amines is 1. The maximum absolute atomic E-state index is 11.5. The Bertz CT molecular complexity index is 930. The Kier molecular flexibility index (Phi) is 4.70. The average molecular weight is 338 g/mol. The third-order valence-corrected chi connectivity index (χ3v) is 4.04. The van der Waals surface area contributed by atoms with Crippen LogP contribution in [-0.2, 0) is 17.6 Å². The van der Waals surface area contributed by atoms with Crippen molar-refractivity contribution >= 4 is 23.1 Å². The SMILES string of the molecule is O=C(O)[C@H](Cc1c[nH]c2ccccc12)N=CCc1ccc(O)cc1O. The van der Waals surface area contributed by atoms with Crippen LogP contribution in [0.4, 0.5) is 0 Å². The summed E-state index contributed by atoms with van der Waals surface area (Å²) in [5.74, 6) is -1.08. The normalized spacial score (nSPS) is 12.6. The number of aromatic nitrogens is 1. The Morgan fingerprint density at radius 3 is 2.72 bits per heavy atom. The molecule has 0 aliphatic heterocycles. The number of hydrogen-bond acceptors (Lipinski definition) is 4. The predicted molar refractivity (Wildman–Crippen MR) is 95.4 cm³/mol. The number of benzene rings is 2. The minimum atomic E-state index is -1.00. The van der Waals surface area contributed by atoms with Gasteiger partial charge in [0.2, 0.25) is 0 Å². The number of carbonyl (C=O) groups is 1. The van der Waals surface area contributed by atoms with E-state index in [4.69, 9.17) is 0 Å². The summed E-state index contributed by atoms with van der Waals surface area (Å²) in [6, 6.07) is 11.1. The summed E-state index contributed by atoms with van der Waals surface area (Å²) in [4.78, 5) is 18.8. The standard InChI is InChI=1S/C19H18N2O4/c22-14-6-5-12(18(23)10-14)7-8-20-17(19(24)25)9-13-11-21-16-4-2-1-3-15(13)16/h1-6,8,10-11,17,21-23H,7,9H2,(H,24,25)/t17-/m0/s1. The first-order chi connectivity index (χ1) is 12.0. The number of nitrogens with zero attached hydrogens (tertiary/aromatic N) is 1. The maximum Gasteiger partial charge on any atom is 0.328 e. The molecule has 0 aliphatic rings. The number of hydrogen-bond donors (Lipinski definition) is 4. The number of carboxylic acid groups (broad SMARTS) is 1. The second-order valence-corrected chi connectivity index (χ2v) is 5.77. The lowest BCUT2D eigenvalue weighted by Gasteiger charge is -2.07. The summed E-state index contributed by atoms with van der Waals surface area (Å²) in [7, 11) is 0. The van der Waals surface area contributed by atoms with Crippen molar-refractivity contribution in [3.05, 3.63) is 59.8 Å². The topological polar surface area (TPSA) is 106 Å². The van der Waals surface area contributed by atoms with Gasteiger partial charge in [0.1, 0.15) is 11.5 Å². The second kappa shape index (κ2) is 7.09. The summed E-state index contributed by atoms with van der Waals surface area (Å²) < 4.78 is 0. The highest BCUT2D eigenvalue weighted by Gasteiger charge is 2.18. The van der Waals surface area contributed by atoms with Crippen LogP contribution < -0.4 is 0 Å². The van der Waals surface area contributed by atoms with Crippen LogP contribution in [0.15, 0.2) is 53.7 Å². The fourth-order valence-electron chi connectivity index (χ4n) is 2.72. The van der Waals surface area contributed by atoms with Crippen molar-refractivity contribution in [1.82, 2.24) is 4.98 Å². The smallest absolute Gasteiger partial charge is 0.328 e. The quantitative estimate of drug-likeness (QED) is 0.519. The first-order valence-corrected chi connectivity index (χ1v) is 7.85. The van der Waals surface area contributed by atoms with E-state index < -0.39 is 12.0 Å². The molecule has 1 aromatic heterocycles. The highest BCUT2D eigenvalue weighted by Crippen LogP contribution is 2.23. The first-order valence-electron chi connectivity index (χ1n) is 7.85. The van der Waals surface area contributed by atoms with Gasteiger partial charge in [0, 0.05) is 42.2 Å². The van der Waals surface area contributed by atoms with Gasteiger partial charge in [-0.15, -0.1) is 0 Å². The van der Waals surface area contributed by atoms with Gasteiger partial charge in [0.15, 0.2) is 6.04 Å². The maximum atomic E-state index is 11.5. The number of H-pyrrole nitrogens is 1. The molecule has 6 nitrogen and oxygen atoms in total. The highest BCUT2D eigenvalue weighted by molar-refractivity contribution is 5.84. The molecule has 0 bridgehead atoms. The van der Waals surface area contributed by atoms with E-state index in [2.05, 4.69) is 9.98 Å². The number of phenols is 2. The van der Waals surface area contributed by atoms with Crippen molar-refractivity contribution in [2.24, 2.45) is 4.99 Å². The third kappa shape index (κ3) is 3.80. The molecule has 3 rings (SSSR count). The fraction of sp³-hybridized carbons (Fsp3) is 0.158. The van der Waals surface area contributed by atoms with Gasteiger partial charge < -0.3 is 20.3 Å². The number of aromatic hydroxyl groups is 2. The first kappa shape index (κ1) is 16.6. The van der Waals surface area contributed by atoms with Gasteiger partial charge in [-0.25, -0.2) is 4.79 Å². The molecular formula is C19H18N2O4. The van der Waals surface area contributed by atoms with Crippen molar-refractivity contribution in [3.63, 3.8) is 0 Å². The van der Waals surface area contributed by atoms with Crippen LogP contribution in [0.2, 0.25) is 0 Å². The van der Waals surface area contributed by atoms with Crippen molar-refractivity contribution < 1.29 is 20.1 Å². The zero-order chi connectivity index (χ0) is 17.8. The summed E-state index contributed by atoms with van der Waals surface area (Å²) in [5, 5.41) is 29.4. The number of para-hydroxylation sites is 1. The minimum Gasteiger partial charge on any atom is -0.508 e. The highest BCUT2D eigenvalue weighted by atomic mass is 16.4. The van der Waals surface area contributed by atoms with Crippen LogP contribution in [0.1, 0.15) is 11.1 Å². The third-order valence-electron chi connectivity index (χ3n) is 4.04. The Morgan fingerprint density at radius 1 is 1.16 bits per heavy atom. The molecule has 2 aromatic carbocycles. The van der Waals surface area contributed by atoms with E-state index in [1.807, 2.05) is 30.5 Å². The van der Waals surface area contributed by atoms with Crippen LogP contribution in [0.5, 0.6) is 11.5 Å². The predicted octanol–water partition coefficient (Wildman–Crippen LogP) is 2.89. The van der Waals surface area contributed by atoms with E-state index in [0.717, 1.165) is 16.5 Å². The van der Waals surface area contributed by atoms with E-state index in [1.165, 1.54) is 18.3 Å². The van der Waals surface area contributed by atoms with E-state index in [9.17, 15) is 20.1 Å². The van der Waals surface area contributed by atoms with Crippen molar-refractivity contribution in [3.8, 4) is 11.5 Å². The molecule has 128 valence electrons. The molecule has 1 heterocycles. The van der Waals surface area contributed by atoms with Gasteiger partial charge in [-0.1, -0.05) is 24.3 Å². The fourth-order valence-corrected chi connectivity index (χ4v) is 2.72. The molecule has 0 fully saturated rings. The monoisotopic (exact) mass is 338 g/mol. The number of carboxylic acids is 1. The van der Waals surface area contributed by atoms with Crippen LogP contribution >= 0.6 is 0 Å². The van der Waals surface area contributed by atoms with Gasteiger partial charge in [-0.05, 0) is 23.3 Å². The van der Waals surface area contributed by atoms with Crippen LogP contribution in [0.3, 0.4) is 0 Å². The molecule has 0 saturated carbocycles. The second-order valence-electron chi connectivity index (χ2n) is 5.77. The molecule has 0 amide bonds. The Morgan fingerprint density at radius 2 is 1.96 bits per heavy atom. The van der Waals surface area contributed by atoms with Crippen molar-refractivity contribution in [1.29, 1.82) is 0 Å². The van der Waals surface area contributed by atoms with Crippen LogP contribution in [-0.4, -0.2) is 38.5 Å². The van der Waals surface area contributed by atoms with E-state index in [1.54, 1.807) is 6.07 Å². The van der Waals surface area contributed by atoms with Gasteiger partial charge in [0.25, 0.3) is 0 Å². The number of aliphatic imine (C=N–C) groups is 1. The zero-order valence-corrected chi connectivity index (χ0v) is 13.4. The number of fused-ring (bicyclic) bond motifs is 1. The van der Waals surface area contributed by atoms with E-state index in [-0.39, 0.29) is 24.3 Å². The molecule has 3 aromatic rings. The largest absolute Gasteiger partial charge is 0.508 e. The van der Waals surface area contributed by atoms with Crippen molar-refractivity contribution in [2.75, 3.05) is 0 Å². The Labute approximate surface area is 144 Å². The van der Waals surface area contributed by atoms with Gasteiger partial charge in [-0.3, -0.25) is 4.99 Å². The molecule has 6 heteroatoms. The van der Waals surface area contributed by atoms with Gasteiger partial charge in [0.05, 0.1) is 0 Å². The summed E-state index contributed by atoms with van der Waals surface area (Å²) >= 11 is 0. The average Bonchev–Trinajstić information content (AvgIpc) is 2.99. The summed E-state index contributed by atoms with van der Waals surface area (Å²) in [6.07, 6.45) is 3.85. The number of nitrogens with one attached hydrogen (secondary N) is 1. The lowest BCUT2D eigenvalue weighted by atomic mass is 10.1.